The van der Waals surface area contributed by atoms with Gasteiger partial charge in [-0.05, 0) is 44.8 Å². The first-order valence-electron chi connectivity index (χ1n) is 7.02. The molecule has 0 radical (unpaired) electrons. The fourth-order valence-corrected chi connectivity index (χ4v) is 3.15. The van der Waals surface area contributed by atoms with Crippen LogP contribution < -0.4 is 5.73 Å². The first-order chi connectivity index (χ1) is 7.93. The number of hydrogen-bond acceptors (Lipinski definition) is 3. The van der Waals surface area contributed by atoms with E-state index < -0.39 is 0 Å². The van der Waals surface area contributed by atoms with Crippen LogP contribution in [0, 0.1) is 17.8 Å². The fraction of sp³-hybridized carbons (Fsp3) is 1.00. The maximum absolute atomic E-state index is 5.89. The van der Waals surface area contributed by atoms with E-state index in [0.29, 0.717) is 12.0 Å². The summed E-state index contributed by atoms with van der Waals surface area (Å²) in [6.07, 6.45) is 1.26. The maximum atomic E-state index is 5.89. The summed E-state index contributed by atoms with van der Waals surface area (Å²) in [7, 11) is 4.39. The lowest BCUT2D eigenvalue weighted by Crippen LogP contribution is -2.36. The number of hydrogen-bond donors (Lipinski definition) is 1. The Morgan fingerprint density at radius 1 is 1.29 bits per heavy atom. The topological polar surface area (TPSA) is 32.5 Å². The van der Waals surface area contributed by atoms with Crippen molar-refractivity contribution in [2.75, 3.05) is 40.3 Å². The fourth-order valence-electron chi connectivity index (χ4n) is 3.15. The SMILES string of the molecule is CC(C)CC(CN)CN1CC(C)C(N(C)C)C1. The van der Waals surface area contributed by atoms with Crippen molar-refractivity contribution in [3.05, 3.63) is 0 Å². The van der Waals surface area contributed by atoms with Crippen LogP contribution in [-0.2, 0) is 0 Å². The zero-order chi connectivity index (χ0) is 13.0. The molecular weight excluding hydrogens is 210 g/mol. The second kappa shape index (κ2) is 6.72. The monoisotopic (exact) mass is 241 g/mol. The van der Waals surface area contributed by atoms with E-state index in [9.17, 15) is 0 Å². The second-order valence-electron chi connectivity index (χ2n) is 6.46. The van der Waals surface area contributed by atoms with E-state index in [0.717, 1.165) is 18.4 Å². The molecule has 0 aromatic heterocycles. The van der Waals surface area contributed by atoms with Gasteiger partial charge >= 0.3 is 0 Å². The highest BCUT2D eigenvalue weighted by Crippen LogP contribution is 2.22. The number of nitrogens with zero attached hydrogens (tertiary/aromatic N) is 2. The normalized spacial score (nSPS) is 28.2. The average Bonchev–Trinajstić information content (AvgIpc) is 2.57. The van der Waals surface area contributed by atoms with Crippen LogP contribution in [0.1, 0.15) is 27.2 Å². The van der Waals surface area contributed by atoms with E-state index in [-0.39, 0.29) is 0 Å². The minimum Gasteiger partial charge on any atom is -0.330 e. The zero-order valence-corrected chi connectivity index (χ0v) is 12.3. The van der Waals surface area contributed by atoms with Crippen LogP contribution in [0.4, 0.5) is 0 Å². The van der Waals surface area contributed by atoms with Gasteiger partial charge in [0.05, 0.1) is 0 Å². The van der Waals surface area contributed by atoms with Gasteiger partial charge in [-0.25, -0.2) is 0 Å². The summed E-state index contributed by atoms with van der Waals surface area (Å²) >= 11 is 0. The molecule has 0 aromatic rings. The van der Waals surface area contributed by atoms with Crippen molar-refractivity contribution in [3.8, 4) is 0 Å². The highest BCUT2D eigenvalue weighted by Gasteiger charge is 2.31. The lowest BCUT2D eigenvalue weighted by molar-refractivity contribution is 0.228. The van der Waals surface area contributed by atoms with Crippen molar-refractivity contribution in [2.24, 2.45) is 23.5 Å². The third-order valence-corrected chi connectivity index (χ3v) is 3.97. The Bertz CT molecular complexity index is 216. The van der Waals surface area contributed by atoms with E-state index in [2.05, 4.69) is 44.7 Å². The van der Waals surface area contributed by atoms with Crippen molar-refractivity contribution in [3.63, 3.8) is 0 Å². The molecule has 102 valence electrons. The predicted octanol–water partition coefficient (Wildman–Crippen LogP) is 1.49. The lowest BCUT2D eigenvalue weighted by Gasteiger charge is -2.25. The van der Waals surface area contributed by atoms with Gasteiger partial charge in [0, 0.05) is 25.7 Å². The highest BCUT2D eigenvalue weighted by atomic mass is 15.2. The number of nitrogens with two attached hydrogens (primary N) is 1. The molecule has 2 N–H and O–H groups in total. The van der Waals surface area contributed by atoms with E-state index in [1.807, 2.05) is 0 Å². The van der Waals surface area contributed by atoms with Gasteiger partial charge in [0.1, 0.15) is 0 Å². The summed E-state index contributed by atoms with van der Waals surface area (Å²) in [4.78, 5) is 4.97. The molecule has 1 rings (SSSR count). The molecule has 0 amide bonds. The molecule has 0 aromatic carbocycles. The van der Waals surface area contributed by atoms with Crippen LogP contribution in [0.2, 0.25) is 0 Å². The van der Waals surface area contributed by atoms with Crippen molar-refractivity contribution in [1.29, 1.82) is 0 Å². The molecule has 1 fully saturated rings. The van der Waals surface area contributed by atoms with E-state index in [1.165, 1.54) is 26.1 Å². The van der Waals surface area contributed by atoms with Crippen molar-refractivity contribution in [2.45, 2.75) is 33.2 Å². The standard InChI is InChI=1S/C14H31N3/c1-11(2)6-13(7-15)9-17-8-12(3)14(10-17)16(4)5/h11-14H,6-10,15H2,1-5H3. The van der Waals surface area contributed by atoms with Gasteiger partial charge in [0.15, 0.2) is 0 Å². The first kappa shape index (κ1) is 14.9. The Morgan fingerprint density at radius 2 is 1.94 bits per heavy atom. The van der Waals surface area contributed by atoms with E-state index >= 15 is 0 Å². The Balaban J connectivity index is 2.42. The Labute approximate surface area is 107 Å². The molecule has 0 spiro atoms. The molecule has 0 saturated carbocycles. The Morgan fingerprint density at radius 3 is 2.35 bits per heavy atom. The predicted molar refractivity (Wildman–Crippen MR) is 75.1 cm³/mol. The average molecular weight is 241 g/mol. The minimum absolute atomic E-state index is 0.670. The summed E-state index contributed by atoms with van der Waals surface area (Å²) in [5.41, 5.74) is 5.89. The van der Waals surface area contributed by atoms with Gasteiger partial charge in [0.2, 0.25) is 0 Å². The van der Waals surface area contributed by atoms with Crippen LogP contribution in [0.25, 0.3) is 0 Å². The molecule has 1 aliphatic heterocycles. The van der Waals surface area contributed by atoms with Gasteiger partial charge in [-0.3, -0.25) is 0 Å². The number of rotatable bonds is 6. The largest absolute Gasteiger partial charge is 0.330 e. The molecule has 0 aliphatic carbocycles. The van der Waals surface area contributed by atoms with Crippen LogP contribution in [0.5, 0.6) is 0 Å². The van der Waals surface area contributed by atoms with Gasteiger partial charge in [-0.15, -0.1) is 0 Å². The van der Waals surface area contributed by atoms with Gasteiger partial charge in [0.25, 0.3) is 0 Å². The molecule has 1 saturated heterocycles. The van der Waals surface area contributed by atoms with Crippen molar-refractivity contribution >= 4 is 0 Å². The number of likely N-dealkylation sites (tertiary alicyclic amines) is 1. The van der Waals surface area contributed by atoms with Crippen molar-refractivity contribution < 1.29 is 0 Å². The third kappa shape index (κ3) is 4.57. The van der Waals surface area contributed by atoms with Crippen LogP contribution in [0.3, 0.4) is 0 Å². The van der Waals surface area contributed by atoms with Crippen LogP contribution in [0.15, 0.2) is 0 Å². The Kier molecular flexibility index (Phi) is 5.90. The summed E-state index contributed by atoms with van der Waals surface area (Å²) < 4.78 is 0. The van der Waals surface area contributed by atoms with E-state index in [4.69, 9.17) is 5.73 Å². The molecule has 3 nitrogen and oxygen atoms in total. The molecular formula is C14H31N3. The van der Waals surface area contributed by atoms with Crippen LogP contribution >= 0.6 is 0 Å². The molecule has 3 unspecified atom stereocenters. The molecule has 3 atom stereocenters. The molecule has 1 heterocycles. The Hall–Kier alpha value is -0.120. The lowest BCUT2D eigenvalue weighted by atomic mass is 9.97. The smallest absolute Gasteiger partial charge is 0.0254 e. The summed E-state index contributed by atoms with van der Waals surface area (Å²) in [6.45, 7) is 11.4. The maximum Gasteiger partial charge on any atom is 0.0254 e. The highest BCUT2D eigenvalue weighted by molar-refractivity contribution is 4.87. The minimum atomic E-state index is 0.670. The van der Waals surface area contributed by atoms with Gasteiger partial charge in [-0.2, -0.15) is 0 Å². The molecule has 17 heavy (non-hydrogen) atoms. The zero-order valence-electron chi connectivity index (χ0n) is 12.3. The third-order valence-electron chi connectivity index (χ3n) is 3.97. The quantitative estimate of drug-likeness (QED) is 0.765. The first-order valence-corrected chi connectivity index (χ1v) is 7.02. The van der Waals surface area contributed by atoms with E-state index in [1.54, 1.807) is 0 Å². The molecule has 3 heteroatoms. The summed E-state index contributed by atoms with van der Waals surface area (Å²) in [5.74, 6) is 2.21. The molecule has 1 aliphatic rings. The van der Waals surface area contributed by atoms with Gasteiger partial charge < -0.3 is 15.5 Å². The summed E-state index contributed by atoms with van der Waals surface area (Å²) in [5, 5.41) is 0. The van der Waals surface area contributed by atoms with Crippen LogP contribution in [-0.4, -0.2) is 56.1 Å². The van der Waals surface area contributed by atoms with Crippen molar-refractivity contribution in [1.82, 2.24) is 9.80 Å². The van der Waals surface area contributed by atoms with Gasteiger partial charge in [-0.1, -0.05) is 20.8 Å². The molecule has 0 bridgehead atoms. The summed E-state index contributed by atoms with van der Waals surface area (Å²) in [6, 6.07) is 0.715. The number of likely N-dealkylation sites (N-methyl/N-ethyl adjacent to an activating group) is 1. The second-order valence-corrected chi connectivity index (χ2v) is 6.46.